The summed E-state index contributed by atoms with van der Waals surface area (Å²) >= 11 is 0. The highest BCUT2D eigenvalue weighted by molar-refractivity contribution is 5.97. The lowest BCUT2D eigenvalue weighted by Crippen LogP contribution is -2.42. The van der Waals surface area contributed by atoms with Crippen LogP contribution >= 0.6 is 0 Å². The van der Waals surface area contributed by atoms with E-state index in [0.29, 0.717) is 35.8 Å². The zero-order chi connectivity index (χ0) is 31.8. The molecule has 0 radical (unpaired) electrons. The van der Waals surface area contributed by atoms with Gasteiger partial charge < -0.3 is 25.2 Å². The second-order valence-electron chi connectivity index (χ2n) is 10.8. The second-order valence-corrected chi connectivity index (χ2v) is 10.8. The summed E-state index contributed by atoms with van der Waals surface area (Å²) in [4.78, 5) is 33.0. The van der Waals surface area contributed by atoms with Gasteiger partial charge in [-0.15, -0.1) is 0 Å². The highest BCUT2D eigenvalue weighted by atomic mass is 16.5. The molecule has 3 amide bonds. The van der Waals surface area contributed by atoms with Gasteiger partial charge in [-0.05, 0) is 30.7 Å². The molecule has 2 atom stereocenters. The Kier molecular flexibility index (Phi) is 10.4. The Morgan fingerprint density at radius 1 is 1.04 bits per heavy atom. The number of hydrogen-bond donors (Lipinski definition) is 4. The minimum atomic E-state index is -0.390. The van der Waals surface area contributed by atoms with Gasteiger partial charge in [0, 0.05) is 57.0 Å². The Labute approximate surface area is 262 Å². The van der Waals surface area contributed by atoms with Crippen molar-refractivity contribution in [2.45, 2.75) is 18.9 Å². The summed E-state index contributed by atoms with van der Waals surface area (Å²) in [5.74, 6) is 0.319. The number of carbonyl (C=O) groups is 2. The first-order chi connectivity index (χ1) is 21.9. The van der Waals surface area contributed by atoms with Crippen molar-refractivity contribution in [1.82, 2.24) is 30.3 Å². The number of benzene rings is 2. The monoisotopic (exact) mass is 613 g/mol. The number of pyridine rings is 1. The molecule has 0 unspecified atom stereocenters. The van der Waals surface area contributed by atoms with Gasteiger partial charge in [0.15, 0.2) is 0 Å². The summed E-state index contributed by atoms with van der Waals surface area (Å²) in [5, 5.41) is 22.9. The van der Waals surface area contributed by atoms with Gasteiger partial charge in [0.2, 0.25) is 5.88 Å². The van der Waals surface area contributed by atoms with Crippen LogP contribution in [0.25, 0.3) is 16.9 Å². The topological polar surface area (TPSA) is 143 Å². The molecule has 12 heteroatoms. The van der Waals surface area contributed by atoms with Gasteiger partial charge in [0.05, 0.1) is 30.6 Å². The maximum atomic E-state index is 13.7. The van der Waals surface area contributed by atoms with Crippen molar-refractivity contribution in [2.24, 2.45) is 0 Å². The van der Waals surface area contributed by atoms with Crippen LogP contribution in [0, 0.1) is 6.92 Å². The molecule has 4 aromatic rings. The van der Waals surface area contributed by atoms with E-state index in [1.165, 1.54) is 12.6 Å². The standard InChI is InChI=1S/C33H39N7O5/c1-22-29(24-18-26(31(42)34-2)32(35-19-24)45-17-15-41)38-40(25-12-8-5-9-13-25)30(22)37-33(43)36-28-21-39(14-16-44-3)20-27(28)23-10-6-4-7-11-23/h4-13,18-19,27-28,41H,14-17,20-21H2,1-3H3,(H,34,42)(H2,36,37,43)/t27-,28+/m0/s1. The summed E-state index contributed by atoms with van der Waals surface area (Å²) in [6.07, 6.45) is 1.56. The summed E-state index contributed by atoms with van der Waals surface area (Å²) < 4.78 is 12.5. The largest absolute Gasteiger partial charge is 0.475 e. The Hall–Kier alpha value is -4.78. The van der Waals surface area contributed by atoms with Crippen LogP contribution in [0.1, 0.15) is 27.4 Å². The number of anilines is 1. The van der Waals surface area contributed by atoms with Crippen molar-refractivity contribution in [2.75, 3.05) is 58.9 Å². The van der Waals surface area contributed by atoms with Crippen LogP contribution in [0.15, 0.2) is 72.9 Å². The predicted molar refractivity (Wildman–Crippen MR) is 171 cm³/mol. The average Bonchev–Trinajstić information content (AvgIpc) is 3.63. The van der Waals surface area contributed by atoms with E-state index in [1.807, 2.05) is 55.5 Å². The zero-order valence-electron chi connectivity index (χ0n) is 25.7. The van der Waals surface area contributed by atoms with Crippen molar-refractivity contribution in [1.29, 1.82) is 0 Å². The molecular weight excluding hydrogens is 574 g/mol. The first-order valence-electron chi connectivity index (χ1n) is 14.9. The summed E-state index contributed by atoms with van der Waals surface area (Å²) in [5.41, 5.74) is 3.91. The number of aliphatic hydroxyl groups is 1. The first-order valence-corrected chi connectivity index (χ1v) is 14.9. The third kappa shape index (κ3) is 7.31. The van der Waals surface area contributed by atoms with Crippen LogP contribution in [-0.2, 0) is 4.74 Å². The van der Waals surface area contributed by atoms with Crippen molar-refractivity contribution in [3.8, 4) is 22.8 Å². The van der Waals surface area contributed by atoms with Crippen LogP contribution in [0.3, 0.4) is 0 Å². The molecule has 2 aromatic heterocycles. The summed E-state index contributed by atoms with van der Waals surface area (Å²) in [6, 6.07) is 20.9. The number of likely N-dealkylation sites (tertiary alicyclic amines) is 1. The fraction of sp³-hybridized carbons (Fsp3) is 0.333. The fourth-order valence-electron chi connectivity index (χ4n) is 5.59. The molecule has 2 aromatic carbocycles. The van der Waals surface area contributed by atoms with Crippen LogP contribution in [0.2, 0.25) is 0 Å². The van der Waals surface area contributed by atoms with E-state index in [9.17, 15) is 14.7 Å². The van der Waals surface area contributed by atoms with Gasteiger partial charge in [-0.3, -0.25) is 15.0 Å². The van der Waals surface area contributed by atoms with E-state index in [-0.39, 0.29) is 48.6 Å². The maximum absolute atomic E-state index is 13.7. The van der Waals surface area contributed by atoms with Gasteiger partial charge in [-0.25, -0.2) is 14.5 Å². The molecule has 1 fully saturated rings. The predicted octanol–water partition coefficient (Wildman–Crippen LogP) is 3.21. The number of methoxy groups -OCH3 is 1. The van der Waals surface area contributed by atoms with Crippen LogP contribution in [0.4, 0.5) is 10.6 Å². The first kappa shape index (κ1) is 31.6. The normalized spacial score (nSPS) is 16.4. The Morgan fingerprint density at radius 2 is 1.78 bits per heavy atom. The quantitative estimate of drug-likeness (QED) is 0.191. The smallest absolute Gasteiger partial charge is 0.320 e. The molecule has 0 saturated carbocycles. The van der Waals surface area contributed by atoms with Crippen LogP contribution < -0.4 is 20.7 Å². The molecule has 4 N–H and O–H groups in total. The average molecular weight is 614 g/mol. The summed E-state index contributed by atoms with van der Waals surface area (Å²) in [7, 11) is 3.21. The molecule has 5 rings (SSSR count). The maximum Gasteiger partial charge on any atom is 0.320 e. The molecule has 12 nitrogen and oxygen atoms in total. The van der Waals surface area contributed by atoms with Gasteiger partial charge in [-0.1, -0.05) is 48.5 Å². The number of nitrogens with one attached hydrogen (secondary N) is 3. The molecule has 1 aliphatic rings. The number of para-hydroxylation sites is 1. The molecule has 3 heterocycles. The van der Waals surface area contributed by atoms with Crippen molar-refractivity contribution in [3.63, 3.8) is 0 Å². The van der Waals surface area contributed by atoms with E-state index < -0.39 is 0 Å². The number of rotatable bonds is 12. The van der Waals surface area contributed by atoms with Gasteiger partial charge in [-0.2, -0.15) is 5.10 Å². The van der Waals surface area contributed by atoms with Gasteiger partial charge >= 0.3 is 6.03 Å². The number of hydrogen-bond acceptors (Lipinski definition) is 8. The van der Waals surface area contributed by atoms with E-state index in [0.717, 1.165) is 18.8 Å². The Morgan fingerprint density at radius 3 is 2.47 bits per heavy atom. The SMILES string of the molecule is CNC(=O)c1cc(-c2nn(-c3ccccc3)c(NC(=O)N[C@@H]3CN(CCOC)C[C@H]3c3ccccc3)c2C)cnc1OCCO. The molecule has 0 bridgehead atoms. The van der Waals surface area contributed by atoms with E-state index in [1.54, 1.807) is 24.1 Å². The molecule has 236 valence electrons. The number of urea groups is 1. The third-order valence-electron chi connectivity index (χ3n) is 7.83. The highest BCUT2D eigenvalue weighted by Gasteiger charge is 2.35. The van der Waals surface area contributed by atoms with Crippen LogP contribution in [-0.4, -0.2) is 96.4 Å². The molecule has 1 saturated heterocycles. The lowest BCUT2D eigenvalue weighted by molar-refractivity contribution is 0.0956. The van der Waals surface area contributed by atoms with Crippen molar-refractivity contribution >= 4 is 17.8 Å². The van der Waals surface area contributed by atoms with Crippen molar-refractivity contribution in [3.05, 3.63) is 89.6 Å². The van der Waals surface area contributed by atoms with E-state index >= 15 is 0 Å². The van der Waals surface area contributed by atoms with Gasteiger partial charge in [0.25, 0.3) is 5.91 Å². The lowest BCUT2D eigenvalue weighted by atomic mass is 9.94. The minimum absolute atomic E-state index is 0.00253. The van der Waals surface area contributed by atoms with Gasteiger partial charge in [0.1, 0.15) is 18.0 Å². The van der Waals surface area contributed by atoms with E-state index in [4.69, 9.17) is 14.6 Å². The number of amides is 3. The Bertz CT molecular complexity index is 1600. The number of nitrogens with zero attached hydrogens (tertiary/aromatic N) is 4. The molecule has 0 aliphatic carbocycles. The van der Waals surface area contributed by atoms with Crippen LogP contribution in [0.5, 0.6) is 5.88 Å². The third-order valence-corrected chi connectivity index (χ3v) is 7.83. The second kappa shape index (κ2) is 14.8. The van der Waals surface area contributed by atoms with Crippen molar-refractivity contribution < 1.29 is 24.2 Å². The molecule has 1 aliphatic heterocycles. The number of ether oxygens (including phenoxy) is 2. The number of aromatic nitrogens is 3. The number of carbonyl (C=O) groups excluding carboxylic acids is 2. The highest BCUT2D eigenvalue weighted by Crippen LogP contribution is 2.33. The zero-order valence-corrected chi connectivity index (χ0v) is 25.7. The minimum Gasteiger partial charge on any atom is -0.475 e. The molecule has 0 spiro atoms. The lowest BCUT2D eigenvalue weighted by Gasteiger charge is -2.21. The number of aliphatic hydroxyl groups excluding tert-OH is 1. The Balaban J connectivity index is 1.46. The molecular formula is C33H39N7O5. The molecule has 45 heavy (non-hydrogen) atoms. The van der Waals surface area contributed by atoms with E-state index in [2.05, 4.69) is 38.0 Å². The summed E-state index contributed by atoms with van der Waals surface area (Å²) in [6.45, 7) is 4.54. The fourth-order valence-corrected chi connectivity index (χ4v) is 5.59.